The molecule has 1 unspecified atom stereocenters. The van der Waals surface area contributed by atoms with E-state index >= 15 is 0 Å². The fourth-order valence-corrected chi connectivity index (χ4v) is 1.95. The topological polar surface area (TPSA) is 102 Å². The summed E-state index contributed by atoms with van der Waals surface area (Å²) in [4.78, 5) is 17.8. The Morgan fingerprint density at radius 1 is 1.33 bits per heavy atom. The van der Waals surface area contributed by atoms with E-state index < -0.39 is 4.92 Å². The van der Waals surface area contributed by atoms with Crippen molar-refractivity contribution < 1.29 is 14.4 Å². The van der Waals surface area contributed by atoms with Crippen molar-refractivity contribution in [2.24, 2.45) is 0 Å². The molecule has 2 rings (SSSR count). The van der Waals surface area contributed by atoms with Crippen LogP contribution >= 0.6 is 0 Å². The number of benzene rings is 1. The molecule has 0 spiro atoms. The molecular weight excluding hydrogens is 276 g/mol. The number of rotatable bonds is 6. The van der Waals surface area contributed by atoms with Crippen LogP contribution in [0.3, 0.4) is 0 Å². The van der Waals surface area contributed by atoms with Crippen molar-refractivity contribution in [1.29, 1.82) is 0 Å². The Morgan fingerprint density at radius 3 is 2.52 bits per heavy atom. The van der Waals surface area contributed by atoms with Crippen molar-refractivity contribution in [3.8, 4) is 11.5 Å². The molecule has 8 heteroatoms. The average Bonchev–Trinajstić information content (AvgIpc) is 3.00. The van der Waals surface area contributed by atoms with Gasteiger partial charge in [-0.25, -0.2) is 4.98 Å². The van der Waals surface area contributed by atoms with E-state index in [1.807, 2.05) is 6.92 Å². The lowest BCUT2D eigenvalue weighted by molar-refractivity contribution is -0.384. The molecule has 21 heavy (non-hydrogen) atoms. The Morgan fingerprint density at radius 2 is 2.00 bits per heavy atom. The van der Waals surface area contributed by atoms with Gasteiger partial charge in [0, 0.05) is 18.5 Å². The van der Waals surface area contributed by atoms with Crippen molar-refractivity contribution in [1.82, 2.24) is 9.97 Å². The van der Waals surface area contributed by atoms with Crippen molar-refractivity contribution in [3.63, 3.8) is 0 Å². The van der Waals surface area contributed by atoms with Crippen LogP contribution in [-0.2, 0) is 0 Å². The fourth-order valence-electron chi connectivity index (χ4n) is 1.95. The Hall–Kier alpha value is -2.77. The second-order valence-corrected chi connectivity index (χ2v) is 4.32. The molecule has 0 aliphatic rings. The van der Waals surface area contributed by atoms with E-state index in [4.69, 9.17) is 9.47 Å². The largest absolute Gasteiger partial charge is 0.493 e. The molecular formula is C13H16N4O4. The molecule has 112 valence electrons. The van der Waals surface area contributed by atoms with Gasteiger partial charge in [-0.3, -0.25) is 10.1 Å². The zero-order chi connectivity index (χ0) is 15.4. The first kappa shape index (κ1) is 14.6. The minimum atomic E-state index is -0.473. The van der Waals surface area contributed by atoms with Gasteiger partial charge in [-0.1, -0.05) is 0 Å². The summed E-state index contributed by atoms with van der Waals surface area (Å²) in [7, 11) is 2.91. The molecule has 1 heterocycles. The van der Waals surface area contributed by atoms with Crippen LogP contribution in [0.15, 0.2) is 24.5 Å². The molecule has 0 aliphatic carbocycles. The quantitative estimate of drug-likeness (QED) is 0.626. The van der Waals surface area contributed by atoms with Crippen molar-refractivity contribution in [3.05, 3.63) is 40.5 Å². The monoisotopic (exact) mass is 292 g/mol. The number of imidazole rings is 1. The molecule has 0 amide bonds. The molecule has 2 aromatic rings. The summed E-state index contributed by atoms with van der Waals surface area (Å²) in [6.07, 6.45) is 3.31. The normalized spacial score (nSPS) is 11.8. The maximum atomic E-state index is 11.2. The van der Waals surface area contributed by atoms with E-state index in [1.54, 1.807) is 12.4 Å². The van der Waals surface area contributed by atoms with Gasteiger partial charge in [0.15, 0.2) is 11.5 Å². The number of methoxy groups -OCH3 is 2. The lowest BCUT2D eigenvalue weighted by Crippen LogP contribution is -2.10. The molecule has 0 radical (unpaired) electrons. The standard InChI is InChI=1S/C13H16N4O4/c1-8(13-14-4-5-15-13)16-9-6-11(20-2)12(21-3)7-10(9)17(18)19/h4-8,16H,1-3H3,(H,14,15). The number of nitrogens with zero attached hydrogens (tertiary/aromatic N) is 2. The molecule has 1 atom stereocenters. The van der Waals surface area contributed by atoms with Crippen LogP contribution in [0.1, 0.15) is 18.8 Å². The Balaban J connectivity index is 2.39. The Kier molecular flexibility index (Phi) is 4.27. The Labute approximate surface area is 121 Å². The summed E-state index contributed by atoms with van der Waals surface area (Å²) < 4.78 is 10.3. The number of hydrogen-bond acceptors (Lipinski definition) is 6. The van der Waals surface area contributed by atoms with Crippen LogP contribution in [0.5, 0.6) is 11.5 Å². The van der Waals surface area contributed by atoms with E-state index in [0.717, 1.165) is 0 Å². The minimum Gasteiger partial charge on any atom is -0.493 e. The fraction of sp³-hybridized carbons (Fsp3) is 0.308. The molecule has 0 bridgehead atoms. The number of ether oxygens (including phenoxy) is 2. The average molecular weight is 292 g/mol. The molecule has 1 aromatic carbocycles. The SMILES string of the molecule is COc1cc(NC(C)c2ncc[nH]2)c([N+](=O)[O-])cc1OC. The molecule has 0 saturated carbocycles. The van der Waals surface area contributed by atoms with Gasteiger partial charge in [-0.2, -0.15) is 0 Å². The third-order valence-corrected chi connectivity index (χ3v) is 3.00. The predicted molar refractivity (Wildman–Crippen MR) is 76.8 cm³/mol. The summed E-state index contributed by atoms with van der Waals surface area (Å²) in [5.74, 6) is 1.40. The van der Waals surface area contributed by atoms with Gasteiger partial charge in [0.25, 0.3) is 5.69 Å². The van der Waals surface area contributed by atoms with Crippen molar-refractivity contribution >= 4 is 11.4 Å². The molecule has 2 N–H and O–H groups in total. The highest BCUT2D eigenvalue weighted by atomic mass is 16.6. The third-order valence-electron chi connectivity index (χ3n) is 3.00. The lowest BCUT2D eigenvalue weighted by atomic mass is 10.2. The first-order chi connectivity index (χ1) is 10.1. The van der Waals surface area contributed by atoms with E-state index in [9.17, 15) is 10.1 Å². The van der Waals surface area contributed by atoms with E-state index in [2.05, 4.69) is 15.3 Å². The second kappa shape index (κ2) is 6.12. The number of H-pyrrole nitrogens is 1. The number of nitrogens with one attached hydrogen (secondary N) is 2. The smallest absolute Gasteiger partial charge is 0.296 e. The highest BCUT2D eigenvalue weighted by Gasteiger charge is 2.21. The first-order valence-electron chi connectivity index (χ1n) is 6.23. The van der Waals surface area contributed by atoms with Gasteiger partial charge in [0.2, 0.25) is 0 Å². The third kappa shape index (κ3) is 3.04. The van der Waals surface area contributed by atoms with Crippen LogP contribution in [0.2, 0.25) is 0 Å². The van der Waals surface area contributed by atoms with E-state index in [0.29, 0.717) is 23.0 Å². The highest BCUT2D eigenvalue weighted by Crippen LogP contribution is 2.38. The van der Waals surface area contributed by atoms with Gasteiger partial charge >= 0.3 is 0 Å². The van der Waals surface area contributed by atoms with Gasteiger partial charge < -0.3 is 19.8 Å². The van der Waals surface area contributed by atoms with Crippen LogP contribution in [0.4, 0.5) is 11.4 Å². The van der Waals surface area contributed by atoms with Crippen LogP contribution in [0, 0.1) is 10.1 Å². The van der Waals surface area contributed by atoms with Gasteiger partial charge in [0.05, 0.1) is 31.3 Å². The van der Waals surface area contributed by atoms with Crippen LogP contribution in [0.25, 0.3) is 0 Å². The van der Waals surface area contributed by atoms with Gasteiger partial charge in [-0.05, 0) is 6.92 Å². The van der Waals surface area contributed by atoms with Crippen LogP contribution in [-0.4, -0.2) is 29.1 Å². The number of anilines is 1. The van der Waals surface area contributed by atoms with Gasteiger partial charge in [0.1, 0.15) is 11.5 Å². The van der Waals surface area contributed by atoms with Crippen molar-refractivity contribution in [2.75, 3.05) is 19.5 Å². The lowest BCUT2D eigenvalue weighted by Gasteiger charge is -2.15. The molecule has 8 nitrogen and oxygen atoms in total. The number of nitro groups is 1. The summed E-state index contributed by atoms with van der Waals surface area (Å²) in [5, 5.41) is 14.3. The summed E-state index contributed by atoms with van der Waals surface area (Å²) >= 11 is 0. The molecule has 0 fully saturated rings. The summed E-state index contributed by atoms with van der Waals surface area (Å²) in [6.45, 7) is 1.85. The number of hydrogen-bond donors (Lipinski definition) is 2. The molecule has 0 saturated heterocycles. The number of nitro benzene ring substituents is 1. The summed E-state index contributed by atoms with van der Waals surface area (Å²) in [5.41, 5.74) is 0.243. The summed E-state index contributed by atoms with van der Waals surface area (Å²) in [6, 6.07) is 2.64. The predicted octanol–water partition coefficient (Wildman–Crippen LogP) is 2.51. The Bertz CT molecular complexity index is 627. The second-order valence-electron chi connectivity index (χ2n) is 4.32. The minimum absolute atomic E-state index is 0.0916. The zero-order valence-electron chi connectivity index (χ0n) is 11.9. The van der Waals surface area contributed by atoms with Crippen molar-refractivity contribution in [2.45, 2.75) is 13.0 Å². The zero-order valence-corrected chi connectivity index (χ0v) is 11.9. The number of aromatic nitrogens is 2. The number of aromatic amines is 1. The molecule has 1 aromatic heterocycles. The molecule has 0 aliphatic heterocycles. The van der Waals surface area contributed by atoms with E-state index in [-0.39, 0.29) is 11.7 Å². The highest BCUT2D eigenvalue weighted by molar-refractivity contribution is 5.68. The van der Waals surface area contributed by atoms with Crippen LogP contribution < -0.4 is 14.8 Å². The van der Waals surface area contributed by atoms with Gasteiger partial charge in [-0.15, -0.1) is 0 Å². The first-order valence-corrected chi connectivity index (χ1v) is 6.23. The van der Waals surface area contributed by atoms with E-state index in [1.165, 1.54) is 26.4 Å². The maximum absolute atomic E-state index is 11.2. The maximum Gasteiger partial charge on any atom is 0.296 e.